The standard InChI is InChI=1S/C2H6B5N/c1-8(2)7(5)6(3)4/h1-2H3. The minimum atomic E-state index is -0.454. The monoisotopic (exact) mass is 99.1 g/mol. The molecule has 0 aromatic rings. The fourth-order valence-electron chi connectivity index (χ4n) is 0.344. The first-order valence-corrected chi connectivity index (χ1v) is 2.49. The zero-order valence-electron chi connectivity index (χ0n) is 5.33. The molecular weight excluding hydrogens is 92.1 g/mol. The highest BCUT2D eigenvalue weighted by molar-refractivity contribution is 7.65. The molecule has 0 saturated carbocycles. The predicted molar refractivity (Wildman–Crippen MR) is 42.5 cm³/mol. The zero-order valence-corrected chi connectivity index (χ0v) is 5.33. The van der Waals surface area contributed by atoms with Crippen LogP contribution in [0, 0.1) is 0 Å². The van der Waals surface area contributed by atoms with Gasteiger partial charge in [0.1, 0.15) is 6.63 Å². The van der Waals surface area contributed by atoms with Gasteiger partial charge in [-0.25, -0.2) is 0 Å². The van der Waals surface area contributed by atoms with Gasteiger partial charge in [0.05, 0.1) is 0 Å². The summed E-state index contributed by atoms with van der Waals surface area (Å²) in [6, 6.07) is 0. The molecule has 0 unspecified atom stereocenters. The second-order valence-electron chi connectivity index (χ2n) is 2.03. The number of hydrogen-bond donors (Lipinski definition) is 0. The van der Waals surface area contributed by atoms with Gasteiger partial charge in [-0.05, 0) is 14.1 Å². The van der Waals surface area contributed by atoms with Crippen molar-refractivity contribution >= 4 is 36.2 Å². The highest BCUT2D eigenvalue weighted by Gasteiger charge is 2.12. The lowest BCUT2D eigenvalue weighted by molar-refractivity contribution is 0.667. The average molecular weight is 98.1 g/mol. The molecule has 0 saturated heterocycles. The van der Waals surface area contributed by atoms with Crippen LogP contribution in [0.25, 0.3) is 0 Å². The molecule has 34 valence electrons. The van der Waals surface area contributed by atoms with Crippen LogP contribution < -0.4 is 0 Å². The molecule has 1 nitrogen and oxygen atoms in total. The molecule has 0 amide bonds. The maximum Gasteiger partial charge on any atom is 0.119 e. The van der Waals surface area contributed by atoms with Crippen LogP contribution in [0.3, 0.4) is 0 Å². The summed E-state index contributed by atoms with van der Waals surface area (Å²) in [4.78, 5) is 1.77. The SMILES string of the molecule is [B]B([B])B([B])N(C)C. The van der Waals surface area contributed by atoms with E-state index < -0.39 is 6.39 Å². The third-order valence-corrected chi connectivity index (χ3v) is 0.991. The smallest absolute Gasteiger partial charge is 0.119 e. The van der Waals surface area contributed by atoms with E-state index in [4.69, 9.17) is 23.2 Å². The van der Waals surface area contributed by atoms with E-state index in [0.717, 1.165) is 0 Å². The van der Waals surface area contributed by atoms with Gasteiger partial charge in [0, 0.05) is 29.6 Å². The fourth-order valence-corrected chi connectivity index (χ4v) is 0.344. The van der Waals surface area contributed by atoms with Crippen LogP contribution in [0.2, 0.25) is 0 Å². The molecule has 0 spiro atoms. The van der Waals surface area contributed by atoms with E-state index in [0.29, 0.717) is 0 Å². The summed E-state index contributed by atoms with van der Waals surface area (Å²) in [5.74, 6) is 0. The molecule has 0 aliphatic rings. The molecule has 6 radical (unpaired) electrons. The van der Waals surface area contributed by atoms with Gasteiger partial charge >= 0.3 is 0 Å². The lowest BCUT2D eigenvalue weighted by atomic mass is 8.90. The molecule has 0 atom stereocenters. The van der Waals surface area contributed by atoms with Crippen molar-refractivity contribution in [2.75, 3.05) is 14.1 Å². The van der Waals surface area contributed by atoms with Crippen molar-refractivity contribution < 1.29 is 0 Å². The Balaban J connectivity index is 3.46. The van der Waals surface area contributed by atoms with Gasteiger partial charge in [0.2, 0.25) is 0 Å². The maximum atomic E-state index is 5.44. The molecule has 0 heterocycles. The van der Waals surface area contributed by atoms with Gasteiger partial charge in [0.15, 0.2) is 0 Å². The van der Waals surface area contributed by atoms with E-state index in [1.807, 2.05) is 14.1 Å². The Morgan fingerprint density at radius 1 is 1.12 bits per heavy atom. The minimum Gasteiger partial charge on any atom is -0.364 e. The van der Waals surface area contributed by atoms with Gasteiger partial charge in [-0.2, -0.15) is 0 Å². The normalized spacial score (nSPS) is 9.38. The Morgan fingerprint density at radius 3 is 1.50 bits per heavy atom. The number of hydrogen-bond acceptors (Lipinski definition) is 1. The van der Waals surface area contributed by atoms with E-state index in [9.17, 15) is 0 Å². The topological polar surface area (TPSA) is 3.24 Å². The van der Waals surface area contributed by atoms with Crippen molar-refractivity contribution in [3.8, 4) is 0 Å². The molecule has 8 heavy (non-hydrogen) atoms. The molecular formula is C2H6B5N. The first kappa shape index (κ1) is 8.28. The van der Waals surface area contributed by atoms with Crippen molar-refractivity contribution in [1.82, 2.24) is 4.81 Å². The van der Waals surface area contributed by atoms with Crippen molar-refractivity contribution in [1.29, 1.82) is 0 Å². The molecule has 0 fully saturated rings. The summed E-state index contributed by atoms with van der Waals surface area (Å²) in [5, 5.41) is 0. The molecule has 0 bridgehead atoms. The van der Waals surface area contributed by atoms with E-state index in [1.54, 1.807) is 4.81 Å². The molecule has 0 rings (SSSR count). The highest BCUT2D eigenvalue weighted by Crippen LogP contribution is 1.79. The second-order valence-corrected chi connectivity index (χ2v) is 2.03. The minimum absolute atomic E-state index is 0.241. The fraction of sp³-hybridized carbons (Fsp3) is 1.00. The van der Waals surface area contributed by atoms with E-state index in [-0.39, 0.29) is 6.63 Å². The summed E-state index contributed by atoms with van der Waals surface area (Å²) in [5.41, 5.74) is 0. The molecule has 0 aliphatic heterocycles. The van der Waals surface area contributed by atoms with Crippen LogP contribution in [0.4, 0.5) is 0 Å². The Hall–Kier alpha value is 0.285. The maximum absolute atomic E-state index is 5.44. The van der Waals surface area contributed by atoms with Gasteiger partial charge < -0.3 is 4.81 Å². The Bertz CT molecular complexity index is 55.4. The third-order valence-electron chi connectivity index (χ3n) is 0.991. The third kappa shape index (κ3) is 2.56. The lowest BCUT2D eigenvalue weighted by Gasteiger charge is -2.19. The zero-order chi connectivity index (χ0) is 6.73. The van der Waals surface area contributed by atoms with E-state index in [2.05, 4.69) is 0 Å². The first-order chi connectivity index (χ1) is 3.55. The summed E-state index contributed by atoms with van der Waals surface area (Å²) >= 11 is 0. The van der Waals surface area contributed by atoms with Crippen molar-refractivity contribution in [3.63, 3.8) is 0 Å². The van der Waals surface area contributed by atoms with E-state index >= 15 is 0 Å². The summed E-state index contributed by atoms with van der Waals surface area (Å²) in [6.07, 6.45) is -0.454. The van der Waals surface area contributed by atoms with Crippen molar-refractivity contribution in [2.24, 2.45) is 0 Å². The number of nitrogens with zero attached hydrogens (tertiary/aromatic N) is 1. The van der Waals surface area contributed by atoms with Crippen LogP contribution in [0.15, 0.2) is 0 Å². The van der Waals surface area contributed by atoms with Crippen molar-refractivity contribution in [2.45, 2.75) is 0 Å². The molecule has 0 aromatic heterocycles. The van der Waals surface area contributed by atoms with Gasteiger partial charge in [-0.3, -0.25) is 0 Å². The van der Waals surface area contributed by atoms with Crippen LogP contribution >= 0.6 is 0 Å². The van der Waals surface area contributed by atoms with Crippen LogP contribution in [0.5, 0.6) is 0 Å². The quantitative estimate of drug-likeness (QED) is 0.365. The molecule has 6 heteroatoms. The molecule has 0 aromatic carbocycles. The van der Waals surface area contributed by atoms with Crippen molar-refractivity contribution in [3.05, 3.63) is 0 Å². The van der Waals surface area contributed by atoms with Crippen LogP contribution in [-0.2, 0) is 0 Å². The van der Waals surface area contributed by atoms with Gasteiger partial charge in [0.25, 0.3) is 0 Å². The predicted octanol–water partition coefficient (Wildman–Crippen LogP) is -1.89. The second kappa shape index (κ2) is 3.34. The van der Waals surface area contributed by atoms with Crippen LogP contribution in [-0.4, -0.2) is 55.1 Å². The summed E-state index contributed by atoms with van der Waals surface area (Å²) < 4.78 is 0. The molecule has 0 aliphatic carbocycles. The Kier molecular flexibility index (Phi) is 3.46. The molecule has 0 N–H and O–H groups in total. The Labute approximate surface area is 55.9 Å². The largest absolute Gasteiger partial charge is 0.364 e. The van der Waals surface area contributed by atoms with Gasteiger partial charge in [-0.15, -0.1) is 0 Å². The van der Waals surface area contributed by atoms with Crippen LogP contribution in [0.1, 0.15) is 0 Å². The lowest BCUT2D eigenvalue weighted by Crippen LogP contribution is -2.49. The first-order valence-electron chi connectivity index (χ1n) is 2.49. The van der Waals surface area contributed by atoms with E-state index in [1.165, 1.54) is 0 Å². The average Bonchev–Trinajstić information content (AvgIpc) is 1.64. The summed E-state index contributed by atoms with van der Waals surface area (Å²) in [7, 11) is 19.6. The summed E-state index contributed by atoms with van der Waals surface area (Å²) in [6.45, 7) is -0.241. The number of rotatable bonds is 2. The Morgan fingerprint density at radius 2 is 1.50 bits per heavy atom. The highest BCUT2D eigenvalue weighted by atomic mass is 15.0. The van der Waals surface area contributed by atoms with Gasteiger partial charge in [-0.1, -0.05) is 0 Å².